The number of hydrogen-bond acceptors (Lipinski definition) is 5. The minimum absolute atomic E-state index is 0. The molecule has 2 rings (SSSR count). The molecule has 7 nitrogen and oxygen atoms in total. The highest BCUT2D eigenvalue weighted by atomic mass is 127. The van der Waals surface area contributed by atoms with Crippen molar-refractivity contribution in [2.45, 2.75) is 59.1 Å². The van der Waals surface area contributed by atoms with Gasteiger partial charge in [-0.1, -0.05) is 20.8 Å². The Hall–Kier alpha value is -1.10. The summed E-state index contributed by atoms with van der Waals surface area (Å²) in [5.41, 5.74) is 6.64. The van der Waals surface area contributed by atoms with Gasteiger partial charge in [0.25, 0.3) is 0 Å². The lowest BCUT2D eigenvalue weighted by Crippen LogP contribution is -2.53. The van der Waals surface area contributed by atoms with Crippen LogP contribution in [0.5, 0.6) is 0 Å². The predicted octanol–water partition coefficient (Wildman–Crippen LogP) is 3.43. The third kappa shape index (κ3) is 7.44. The number of nitrogens with two attached hydrogens (primary N) is 1. The fourth-order valence-electron chi connectivity index (χ4n) is 2.43. The molecule has 0 atom stereocenters. The average molecular weight is 509 g/mol. The maximum atomic E-state index is 12.1. The summed E-state index contributed by atoms with van der Waals surface area (Å²) in [6.45, 7) is 15.0. The van der Waals surface area contributed by atoms with E-state index in [9.17, 15) is 4.79 Å². The zero-order chi connectivity index (χ0) is 19.5. The van der Waals surface area contributed by atoms with Crippen LogP contribution in [0, 0.1) is 0 Å². The average Bonchev–Trinajstić information content (AvgIpc) is 3.00. The van der Waals surface area contributed by atoms with E-state index in [-0.39, 0.29) is 35.5 Å². The Morgan fingerprint density at radius 2 is 1.74 bits per heavy atom. The number of aromatic nitrogens is 1. The maximum absolute atomic E-state index is 12.1. The predicted molar refractivity (Wildman–Crippen MR) is 121 cm³/mol. The van der Waals surface area contributed by atoms with Gasteiger partial charge in [0.15, 0.2) is 5.96 Å². The summed E-state index contributed by atoms with van der Waals surface area (Å²) in [6.07, 6.45) is -0.273. The first-order valence-electron chi connectivity index (χ1n) is 8.93. The van der Waals surface area contributed by atoms with Crippen molar-refractivity contribution in [3.8, 4) is 0 Å². The fourth-order valence-corrected chi connectivity index (χ4v) is 3.33. The minimum Gasteiger partial charge on any atom is -0.444 e. The molecule has 1 aliphatic heterocycles. The first-order chi connectivity index (χ1) is 12.0. The number of nitrogens with zero attached hydrogens (tertiary/aromatic N) is 4. The molecular weight excluding hydrogens is 477 g/mol. The van der Waals surface area contributed by atoms with Crippen LogP contribution < -0.4 is 5.73 Å². The van der Waals surface area contributed by atoms with Crippen LogP contribution in [0.15, 0.2) is 10.4 Å². The van der Waals surface area contributed by atoms with Gasteiger partial charge in [-0.2, -0.15) is 0 Å². The van der Waals surface area contributed by atoms with Crippen molar-refractivity contribution >= 4 is 47.4 Å². The first-order valence-corrected chi connectivity index (χ1v) is 9.81. The van der Waals surface area contributed by atoms with Gasteiger partial charge in [-0.05, 0) is 20.8 Å². The number of carbonyl (C=O) groups excluding carboxylic acids is 1. The van der Waals surface area contributed by atoms with Crippen molar-refractivity contribution in [2.24, 2.45) is 10.7 Å². The molecule has 1 saturated heterocycles. The molecule has 2 heterocycles. The molecule has 1 aromatic heterocycles. The van der Waals surface area contributed by atoms with Crippen molar-refractivity contribution in [3.63, 3.8) is 0 Å². The fraction of sp³-hybridized carbons (Fsp3) is 0.722. The highest BCUT2D eigenvalue weighted by molar-refractivity contribution is 14.0. The van der Waals surface area contributed by atoms with Crippen LogP contribution in [0.1, 0.15) is 52.2 Å². The third-order valence-corrected chi connectivity index (χ3v) is 5.17. The minimum atomic E-state index is -0.478. The summed E-state index contributed by atoms with van der Waals surface area (Å²) in [7, 11) is 0. The molecule has 0 aliphatic carbocycles. The van der Waals surface area contributed by atoms with Crippen molar-refractivity contribution in [3.05, 3.63) is 16.1 Å². The van der Waals surface area contributed by atoms with E-state index < -0.39 is 5.60 Å². The number of thiazole rings is 1. The molecule has 0 saturated carbocycles. The second kappa shape index (κ2) is 9.40. The molecule has 0 aromatic carbocycles. The molecule has 154 valence electrons. The molecule has 2 N–H and O–H groups in total. The van der Waals surface area contributed by atoms with Gasteiger partial charge >= 0.3 is 6.09 Å². The Morgan fingerprint density at radius 1 is 1.19 bits per heavy atom. The van der Waals surface area contributed by atoms with Crippen molar-refractivity contribution < 1.29 is 9.53 Å². The standard InChI is InChI=1S/C18H31N5O2S.HI/c1-17(2,3)14-21-13(12-26-14)11-20-15(19)22-7-9-23(10-8-22)16(24)25-18(4,5)6;/h12H,7-11H2,1-6H3,(H2,19,20);1H. The van der Waals surface area contributed by atoms with Gasteiger partial charge in [-0.3, -0.25) is 0 Å². The summed E-state index contributed by atoms with van der Waals surface area (Å²) in [5, 5.41) is 3.14. The first kappa shape index (κ1) is 23.9. The quantitative estimate of drug-likeness (QED) is 0.375. The molecule has 0 bridgehead atoms. The number of aliphatic imine (C=N–C) groups is 1. The summed E-state index contributed by atoms with van der Waals surface area (Å²) in [4.78, 5) is 24.9. The normalized spacial score (nSPS) is 16.1. The van der Waals surface area contributed by atoms with Crippen LogP contribution >= 0.6 is 35.3 Å². The van der Waals surface area contributed by atoms with Crippen LogP contribution in [-0.2, 0) is 16.7 Å². The number of carbonyl (C=O) groups is 1. The van der Waals surface area contributed by atoms with Crippen LogP contribution in [-0.4, -0.2) is 58.6 Å². The Balaban J connectivity index is 0.00000364. The monoisotopic (exact) mass is 509 g/mol. The second-order valence-electron chi connectivity index (χ2n) is 8.52. The molecular formula is C18H32IN5O2S. The summed E-state index contributed by atoms with van der Waals surface area (Å²) < 4.78 is 5.41. The summed E-state index contributed by atoms with van der Waals surface area (Å²) >= 11 is 1.66. The van der Waals surface area contributed by atoms with E-state index in [0.717, 1.165) is 10.7 Å². The van der Waals surface area contributed by atoms with Crippen molar-refractivity contribution in [2.75, 3.05) is 26.2 Å². The lowest BCUT2D eigenvalue weighted by atomic mass is 9.98. The Morgan fingerprint density at radius 3 is 2.22 bits per heavy atom. The Kier molecular flexibility index (Phi) is 8.33. The van der Waals surface area contributed by atoms with Gasteiger partial charge in [0.1, 0.15) is 5.60 Å². The molecule has 9 heteroatoms. The number of halogens is 1. The van der Waals surface area contributed by atoms with E-state index >= 15 is 0 Å². The highest BCUT2D eigenvalue weighted by Gasteiger charge is 2.26. The van der Waals surface area contributed by atoms with Crippen LogP contribution in [0.25, 0.3) is 0 Å². The molecule has 0 unspecified atom stereocenters. The van der Waals surface area contributed by atoms with E-state index in [1.807, 2.05) is 31.1 Å². The number of amides is 1. The highest BCUT2D eigenvalue weighted by Crippen LogP contribution is 2.25. The number of piperazine rings is 1. The molecule has 1 aromatic rings. The van der Waals surface area contributed by atoms with Crippen molar-refractivity contribution in [1.29, 1.82) is 0 Å². The smallest absolute Gasteiger partial charge is 0.410 e. The molecule has 27 heavy (non-hydrogen) atoms. The Labute approximate surface area is 183 Å². The maximum Gasteiger partial charge on any atom is 0.410 e. The molecule has 1 aliphatic rings. The van der Waals surface area contributed by atoms with Gasteiger partial charge in [-0.25, -0.2) is 14.8 Å². The van der Waals surface area contributed by atoms with Crippen LogP contribution in [0.3, 0.4) is 0 Å². The molecule has 0 spiro atoms. The third-order valence-electron chi connectivity index (χ3n) is 3.85. The van der Waals surface area contributed by atoms with E-state index in [0.29, 0.717) is 38.7 Å². The van der Waals surface area contributed by atoms with E-state index in [4.69, 9.17) is 10.5 Å². The van der Waals surface area contributed by atoms with Gasteiger partial charge in [0, 0.05) is 37.0 Å². The Bertz CT molecular complexity index is 655. The molecule has 1 fully saturated rings. The number of rotatable bonds is 2. The van der Waals surface area contributed by atoms with E-state index in [1.54, 1.807) is 16.2 Å². The zero-order valence-corrected chi connectivity index (χ0v) is 20.3. The van der Waals surface area contributed by atoms with Gasteiger partial charge in [0.2, 0.25) is 0 Å². The van der Waals surface area contributed by atoms with E-state index in [2.05, 4.69) is 30.7 Å². The topological polar surface area (TPSA) is 84.0 Å². The zero-order valence-electron chi connectivity index (χ0n) is 17.1. The van der Waals surface area contributed by atoms with Crippen LogP contribution in [0.2, 0.25) is 0 Å². The number of guanidine groups is 1. The number of hydrogen-bond donors (Lipinski definition) is 1. The summed E-state index contributed by atoms with van der Waals surface area (Å²) in [5.74, 6) is 0.499. The lowest BCUT2D eigenvalue weighted by molar-refractivity contribution is 0.0186. The molecule has 1 amide bonds. The largest absolute Gasteiger partial charge is 0.444 e. The van der Waals surface area contributed by atoms with E-state index in [1.165, 1.54) is 0 Å². The second-order valence-corrected chi connectivity index (χ2v) is 9.38. The molecule has 0 radical (unpaired) electrons. The summed E-state index contributed by atoms with van der Waals surface area (Å²) in [6, 6.07) is 0. The number of ether oxygens (including phenoxy) is 1. The van der Waals surface area contributed by atoms with Gasteiger partial charge in [0.05, 0.1) is 17.2 Å². The van der Waals surface area contributed by atoms with Crippen LogP contribution in [0.4, 0.5) is 4.79 Å². The lowest BCUT2D eigenvalue weighted by Gasteiger charge is -2.36. The van der Waals surface area contributed by atoms with Gasteiger partial charge in [-0.15, -0.1) is 35.3 Å². The van der Waals surface area contributed by atoms with Gasteiger partial charge < -0.3 is 20.3 Å². The SMILES string of the molecule is CC(C)(C)OC(=O)N1CCN(C(N)=NCc2csc(C(C)(C)C)n2)CC1.I. The van der Waals surface area contributed by atoms with Crippen molar-refractivity contribution in [1.82, 2.24) is 14.8 Å².